The van der Waals surface area contributed by atoms with Gasteiger partial charge in [0.05, 0.1) is 0 Å². The van der Waals surface area contributed by atoms with Gasteiger partial charge in [-0.05, 0) is 30.7 Å². The van der Waals surface area contributed by atoms with Crippen LogP contribution < -0.4 is 9.80 Å². The molecule has 2 heterocycles. The lowest BCUT2D eigenvalue weighted by Crippen LogP contribution is -2.18. The summed E-state index contributed by atoms with van der Waals surface area (Å²) in [5.74, 6) is 1.69. The first-order valence-electron chi connectivity index (χ1n) is 7.20. The zero-order chi connectivity index (χ0) is 14.9. The molecule has 0 saturated heterocycles. The van der Waals surface area contributed by atoms with E-state index in [1.807, 2.05) is 37.0 Å². The fourth-order valence-corrected chi connectivity index (χ4v) is 2.68. The van der Waals surface area contributed by atoms with Crippen molar-refractivity contribution in [1.29, 1.82) is 0 Å². The molecule has 107 valence electrons. The summed E-state index contributed by atoms with van der Waals surface area (Å²) in [6.07, 6.45) is 3.45. The maximum Gasteiger partial charge on any atom is 0.178 e. The molecule has 3 aromatic rings. The van der Waals surface area contributed by atoms with Crippen LogP contribution >= 0.6 is 0 Å². The molecular formula is C18H15N4. The first kappa shape index (κ1) is 12.8. The van der Waals surface area contributed by atoms with Crippen LogP contribution in [-0.2, 0) is 0 Å². The second kappa shape index (κ2) is 5.15. The molecule has 1 aromatic heterocycles. The lowest BCUT2D eigenvalue weighted by atomic mass is 10.2. The van der Waals surface area contributed by atoms with Gasteiger partial charge in [-0.2, -0.15) is 0 Å². The van der Waals surface area contributed by atoms with Crippen molar-refractivity contribution in [2.75, 3.05) is 9.80 Å². The summed E-state index contributed by atoms with van der Waals surface area (Å²) in [4.78, 5) is 13.2. The number of nitrogens with zero attached hydrogens (tertiary/aromatic N) is 4. The van der Waals surface area contributed by atoms with E-state index >= 15 is 0 Å². The predicted octanol–water partition coefficient (Wildman–Crippen LogP) is 4.19. The standard InChI is InChI=1S/C18H15N4/c1-14-7-5-6-10-16(14)22-13-21(15-8-3-2-4-9-15)17-18(22)20-12-11-19-17/h2-13H,1H3. The minimum Gasteiger partial charge on any atom is -0.298 e. The molecule has 0 N–H and O–H groups in total. The quantitative estimate of drug-likeness (QED) is 0.707. The van der Waals surface area contributed by atoms with Crippen molar-refractivity contribution in [2.45, 2.75) is 6.92 Å². The minimum absolute atomic E-state index is 0.844. The van der Waals surface area contributed by atoms with Gasteiger partial charge in [0.1, 0.15) is 0 Å². The van der Waals surface area contributed by atoms with Gasteiger partial charge in [-0.25, -0.2) is 9.97 Å². The van der Waals surface area contributed by atoms with Crippen molar-refractivity contribution in [3.63, 3.8) is 0 Å². The first-order chi connectivity index (χ1) is 10.8. The molecule has 1 aliphatic rings. The number of benzene rings is 2. The molecule has 1 radical (unpaired) electrons. The molecule has 4 heteroatoms. The van der Waals surface area contributed by atoms with E-state index in [-0.39, 0.29) is 0 Å². The number of hydrogen-bond acceptors (Lipinski definition) is 4. The first-order valence-corrected chi connectivity index (χ1v) is 7.20. The molecule has 0 aliphatic carbocycles. The summed E-state index contributed by atoms with van der Waals surface area (Å²) in [6, 6.07) is 18.5. The number of rotatable bonds is 2. The monoisotopic (exact) mass is 287 g/mol. The smallest absolute Gasteiger partial charge is 0.178 e. The van der Waals surface area contributed by atoms with Crippen LogP contribution in [0.2, 0.25) is 0 Å². The molecule has 0 amide bonds. The van der Waals surface area contributed by atoms with Crippen molar-refractivity contribution in [1.82, 2.24) is 9.97 Å². The average Bonchev–Trinajstić information content (AvgIpc) is 2.96. The van der Waals surface area contributed by atoms with Gasteiger partial charge in [0.2, 0.25) is 0 Å². The van der Waals surface area contributed by atoms with E-state index in [2.05, 4.69) is 51.0 Å². The number of anilines is 4. The van der Waals surface area contributed by atoms with E-state index in [0.29, 0.717) is 0 Å². The van der Waals surface area contributed by atoms with Crippen molar-refractivity contribution >= 4 is 23.0 Å². The van der Waals surface area contributed by atoms with Crippen molar-refractivity contribution in [3.05, 3.63) is 79.2 Å². The Bertz CT molecular complexity index is 801. The SMILES string of the molecule is Cc1ccccc1N1[CH]N(c2ccccc2)c2nccnc21. The fourth-order valence-electron chi connectivity index (χ4n) is 2.68. The molecule has 0 bridgehead atoms. The number of aromatic nitrogens is 2. The van der Waals surface area contributed by atoms with Gasteiger partial charge >= 0.3 is 0 Å². The highest BCUT2D eigenvalue weighted by Gasteiger charge is 2.31. The van der Waals surface area contributed by atoms with Gasteiger partial charge < -0.3 is 0 Å². The second-order valence-corrected chi connectivity index (χ2v) is 5.18. The molecule has 0 saturated carbocycles. The Morgan fingerprint density at radius 1 is 0.727 bits per heavy atom. The molecule has 0 atom stereocenters. The topological polar surface area (TPSA) is 32.3 Å². The summed E-state index contributed by atoms with van der Waals surface area (Å²) < 4.78 is 0. The van der Waals surface area contributed by atoms with Crippen molar-refractivity contribution in [2.24, 2.45) is 0 Å². The van der Waals surface area contributed by atoms with Crippen molar-refractivity contribution < 1.29 is 0 Å². The van der Waals surface area contributed by atoms with Crippen LogP contribution in [0, 0.1) is 13.6 Å². The summed E-state index contributed by atoms with van der Waals surface area (Å²) >= 11 is 0. The van der Waals surface area contributed by atoms with Gasteiger partial charge in [-0.3, -0.25) is 9.80 Å². The van der Waals surface area contributed by atoms with E-state index in [0.717, 1.165) is 23.0 Å². The lowest BCUT2D eigenvalue weighted by Gasteiger charge is -2.21. The molecular weight excluding hydrogens is 272 g/mol. The van der Waals surface area contributed by atoms with Gasteiger partial charge in [-0.1, -0.05) is 36.4 Å². The summed E-state index contributed by atoms with van der Waals surface area (Å²) in [5, 5.41) is 0. The van der Waals surface area contributed by atoms with Crippen LogP contribution in [0.15, 0.2) is 67.0 Å². The summed E-state index contributed by atoms with van der Waals surface area (Å²) in [5.41, 5.74) is 3.38. The summed E-state index contributed by atoms with van der Waals surface area (Å²) in [7, 11) is 0. The normalized spacial score (nSPS) is 13.3. The Kier molecular flexibility index (Phi) is 3.00. The summed E-state index contributed by atoms with van der Waals surface area (Å²) in [6.45, 7) is 4.15. The van der Waals surface area contributed by atoms with Gasteiger partial charge in [0, 0.05) is 23.8 Å². The maximum atomic E-state index is 4.52. The van der Waals surface area contributed by atoms with Crippen LogP contribution in [-0.4, -0.2) is 9.97 Å². The highest BCUT2D eigenvalue weighted by molar-refractivity contribution is 5.85. The second-order valence-electron chi connectivity index (χ2n) is 5.18. The number of aryl methyl sites for hydroxylation is 1. The molecule has 4 rings (SSSR count). The molecule has 0 spiro atoms. The third kappa shape index (κ3) is 2.00. The van der Waals surface area contributed by atoms with Crippen LogP contribution in [0.25, 0.3) is 0 Å². The maximum absolute atomic E-state index is 4.52. The highest BCUT2D eigenvalue weighted by atomic mass is 15.4. The van der Waals surface area contributed by atoms with E-state index in [1.54, 1.807) is 12.4 Å². The predicted molar refractivity (Wildman–Crippen MR) is 88.2 cm³/mol. The van der Waals surface area contributed by atoms with Gasteiger partial charge in [0.25, 0.3) is 0 Å². The number of para-hydroxylation sites is 2. The van der Waals surface area contributed by atoms with E-state index < -0.39 is 0 Å². The van der Waals surface area contributed by atoms with Crippen LogP contribution in [0.4, 0.5) is 23.0 Å². The van der Waals surface area contributed by atoms with Crippen LogP contribution in [0.3, 0.4) is 0 Å². The zero-order valence-electron chi connectivity index (χ0n) is 12.2. The third-order valence-electron chi connectivity index (χ3n) is 3.76. The Morgan fingerprint density at radius 2 is 1.36 bits per heavy atom. The highest BCUT2D eigenvalue weighted by Crippen LogP contribution is 2.43. The largest absolute Gasteiger partial charge is 0.298 e. The third-order valence-corrected chi connectivity index (χ3v) is 3.76. The molecule has 4 nitrogen and oxygen atoms in total. The molecule has 1 aliphatic heterocycles. The van der Waals surface area contributed by atoms with E-state index in [4.69, 9.17) is 0 Å². The number of fused-ring (bicyclic) bond motifs is 1. The Hall–Kier alpha value is -2.88. The fraction of sp³-hybridized carbons (Fsp3) is 0.0556. The van der Waals surface area contributed by atoms with E-state index in [1.165, 1.54) is 5.56 Å². The molecule has 0 fully saturated rings. The Balaban J connectivity index is 1.83. The Labute approximate surface area is 129 Å². The van der Waals surface area contributed by atoms with E-state index in [9.17, 15) is 0 Å². The average molecular weight is 287 g/mol. The lowest BCUT2D eigenvalue weighted by molar-refractivity contribution is 1.10. The van der Waals surface area contributed by atoms with Crippen LogP contribution in [0.5, 0.6) is 0 Å². The van der Waals surface area contributed by atoms with Crippen molar-refractivity contribution in [3.8, 4) is 0 Å². The Morgan fingerprint density at radius 3 is 2.09 bits per heavy atom. The van der Waals surface area contributed by atoms with Crippen LogP contribution in [0.1, 0.15) is 5.56 Å². The minimum atomic E-state index is 0.844. The molecule has 0 unspecified atom stereocenters. The molecule has 22 heavy (non-hydrogen) atoms. The van der Waals surface area contributed by atoms with Gasteiger partial charge in [-0.15, -0.1) is 0 Å². The molecule has 2 aromatic carbocycles. The van der Waals surface area contributed by atoms with Gasteiger partial charge in [0.15, 0.2) is 18.3 Å². The zero-order valence-corrected chi connectivity index (χ0v) is 12.2. The number of hydrogen-bond donors (Lipinski definition) is 0.